The molecule has 0 saturated carbocycles. The normalized spacial score (nSPS) is 11.7. The zero-order chi connectivity index (χ0) is 35.6. The largest absolute Gasteiger partial charge is 0.456 e. The fourth-order valence-corrected chi connectivity index (χ4v) is 8.51. The van der Waals surface area contributed by atoms with Gasteiger partial charge in [-0.1, -0.05) is 140 Å². The molecule has 0 aliphatic rings. The first-order valence-electron chi connectivity index (χ1n) is 18.5. The van der Waals surface area contributed by atoms with E-state index in [9.17, 15) is 0 Å². The third-order valence-electron chi connectivity index (χ3n) is 11.0. The van der Waals surface area contributed by atoms with Gasteiger partial charge in [0.2, 0.25) is 0 Å². The van der Waals surface area contributed by atoms with Crippen LogP contribution in [0.15, 0.2) is 205 Å². The molecule has 11 aromatic rings. The van der Waals surface area contributed by atoms with E-state index in [0.717, 1.165) is 39.0 Å². The second-order valence-corrected chi connectivity index (χ2v) is 14.1. The minimum Gasteiger partial charge on any atom is -0.456 e. The molecule has 252 valence electrons. The van der Waals surface area contributed by atoms with Crippen LogP contribution in [0, 0.1) is 0 Å². The molecule has 10 aromatic carbocycles. The number of para-hydroxylation sites is 1. The van der Waals surface area contributed by atoms with Crippen molar-refractivity contribution < 1.29 is 4.42 Å². The van der Waals surface area contributed by atoms with Crippen molar-refractivity contribution in [2.24, 2.45) is 0 Å². The van der Waals surface area contributed by atoms with Gasteiger partial charge < -0.3 is 9.32 Å². The molecule has 0 bridgehead atoms. The summed E-state index contributed by atoms with van der Waals surface area (Å²) in [6.07, 6.45) is 0. The summed E-state index contributed by atoms with van der Waals surface area (Å²) in [4.78, 5) is 2.39. The van der Waals surface area contributed by atoms with Gasteiger partial charge >= 0.3 is 0 Å². The lowest BCUT2D eigenvalue weighted by Crippen LogP contribution is -2.10. The Balaban J connectivity index is 1.14. The molecule has 0 spiro atoms. The quantitative estimate of drug-likeness (QED) is 0.168. The average Bonchev–Trinajstić information content (AvgIpc) is 3.61. The Morgan fingerprint density at radius 3 is 1.30 bits per heavy atom. The molecule has 0 aliphatic heterocycles. The first-order chi connectivity index (χ1) is 26.8. The second-order valence-electron chi connectivity index (χ2n) is 14.1. The van der Waals surface area contributed by atoms with Crippen molar-refractivity contribution in [3.05, 3.63) is 200 Å². The van der Waals surface area contributed by atoms with E-state index in [0.29, 0.717) is 0 Å². The monoisotopic (exact) mass is 687 g/mol. The van der Waals surface area contributed by atoms with Crippen molar-refractivity contribution in [2.45, 2.75) is 0 Å². The molecule has 0 atom stereocenters. The molecule has 11 rings (SSSR count). The molecular weight excluding hydrogens is 655 g/mol. The predicted octanol–water partition coefficient (Wildman–Crippen LogP) is 15.0. The van der Waals surface area contributed by atoms with Crippen LogP contribution in [0.4, 0.5) is 17.1 Å². The third kappa shape index (κ3) is 4.88. The molecule has 0 fully saturated rings. The fraction of sp³-hybridized carbons (Fsp3) is 0. The van der Waals surface area contributed by atoms with Crippen LogP contribution in [-0.2, 0) is 0 Å². The Morgan fingerprint density at radius 1 is 0.278 bits per heavy atom. The maximum absolute atomic E-state index is 6.29. The minimum atomic E-state index is 0.882. The van der Waals surface area contributed by atoms with E-state index in [-0.39, 0.29) is 0 Å². The summed E-state index contributed by atoms with van der Waals surface area (Å²) in [6, 6.07) is 72.4. The first kappa shape index (κ1) is 30.5. The molecule has 54 heavy (non-hydrogen) atoms. The molecule has 0 N–H and O–H groups in total. The summed E-state index contributed by atoms with van der Waals surface area (Å²) in [5.74, 6) is 0. The topological polar surface area (TPSA) is 16.4 Å². The Morgan fingerprint density at radius 2 is 0.722 bits per heavy atom. The Bertz CT molecular complexity index is 3080. The van der Waals surface area contributed by atoms with Crippen molar-refractivity contribution >= 4 is 82.1 Å². The van der Waals surface area contributed by atoms with Crippen LogP contribution in [0.3, 0.4) is 0 Å². The van der Waals surface area contributed by atoms with Gasteiger partial charge in [0.15, 0.2) is 0 Å². The molecule has 0 unspecified atom stereocenters. The van der Waals surface area contributed by atoms with Gasteiger partial charge in [0.25, 0.3) is 0 Å². The van der Waals surface area contributed by atoms with E-state index in [1.165, 1.54) is 65.3 Å². The van der Waals surface area contributed by atoms with Crippen molar-refractivity contribution in [3.63, 3.8) is 0 Å². The highest BCUT2D eigenvalue weighted by Crippen LogP contribution is 2.43. The molecule has 0 aliphatic carbocycles. The molecule has 0 amide bonds. The summed E-state index contributed by atoms with van der Waals surface area (Å²) >= 11 is 0. The van der Waals surface area contributed by atoms with E-state index >= 15 is 0 Å². The predicted molar refractivity (Wildman–Crippen MR) is 229 cm³/mol. The zero-order valence-corrected chi connectivity index (χ0v) is 29.4. The lowest BCUT2D eigenvalue weighted by Gasteiger charge is -2.27. The van der Waals surface area contributed by atoms with E-state index in [1.54, 1.807) is 0 Å². The van der Waals surface area contributed by atoms with Gasteiger partial charge in [-0.05, 0) is 126 Å². The number of benzene rings is 10. The molecule has 0 radical (unpaired) electrons. The van der Waals surface area contributed by atoms with Crippen molar-refractivity contribution in [2.75, 3.05) is 4.90 Å². The number of fused-ring (bicyclic) bond motifs is 9. The van der Waals surface area contributed by atoms with Gasteiger partial charge in [-0.2, -0.15) is 0 Å². The summed E-state index contributed by atoms with van der Waals surface area (Å²) in [5.41, 5.74) is 9.79. The Labute approximate surface area is 312 Å². The summed E-state index contributed by atoms with van der Waals surface area (Å²) in [5, 5.41) is 12.3. The minimum absolute atomic E-state index is 0.882. The van der Waals surface area contributed by atoms with Crippen molar-refractivity contribution in [1.82, 2.24) is 0 Å². The number of nitrogens with zero attached hydrogens (tertiary/aromatic N) is 1. The van der Waals surface area contributed by atoms with Crippen LogP contribution < -0.4 is 4.90 Å². The molecule has 1 heterocycles. The highest BCUT2D eigenvalue weighted by atomic mass is 16.3. The summed E-state index contributed by atoms with van der Waals surface area (Å²) in [7, 11) is 0. The van der Waals surface area contributed by atoms with Gasteiger partial charge in [-0.3, -0.25) is 0 Å². The van der Waals surface area contributed by atoms with Gasteiger partial charge in [-0.15, -0.1) is 0 Å². The van der Waals surface area contributed by atoms with Gasteiger partial charge in [0.1, 0.15) is 11.2 Å². The molecule has 0 saturated heterocycles. The molecular formula is C52H33NO. The van der Waals surface area contributed by atoms with Crippen LogP contribution in [0.25, 0.3) is 87.3 Å². The number of rotatable bonds is 5. The lowest BCUT2D eigenvalue weighted by atomic mass is 9.92. The Hall–Kier alpha value is -7.16. The molecule has 2 nitrogen and oxygen atoms in total. The summed E-state index contributed by atoms with van der Waals surface area (Å²) < 4.78 is 6.29. The Kier molecular flexibility index (Phi) is 6.90. The number of anilines is 3. The second kappa shape index (κ2) is 12.2. The maximum Gasteiger partial charge on any atom is 0.135 e. The zero-order valence-electron chi connectivity index (χ0n) is 29.4. The first-order valence-corrected chi connectivity index (χ1v) is 18.5. The lowest BCUT2D eigenvalue weighted by molar-refractivity contribution is 0.669. The van der Waals surface area contributed by atoms with E-state index in [4.69, 9.17) is 4.42 Å². The highest BCUT2D eigenvalue weighted by Gasteiger charge is 2.19. The summed E-state index contributed by atoms with van der Waals surface area (Å²) in [6.45, 7) is 0. The van der Waals surface area contributed by atoms with E-state index < -0.39 is 0 Å². The maximum atomic E-state index is 6.29. The van der Waals surface area contributed by atoms with E-state index in [2.05, 4.69) is 193 Å². The van der Waals surface area contributed by atoms with Crippen LogP contribution in [0.2, 0.25) is 0 Å². The van der Waals surface area contributed by atoms with Crippen molar-refractivity contribution in [1.29, 1.82) is 0 Å². The highest BCUT2D eigenvalue weighted by molar-refractivity contribution is 6.15. The fourth-order valence-electron chi connectivity index (χ4n) is 8.51. The molecule has 1 aromatic heterocycles. The van der Waals surface area contributed by atoms with Crippen LogP contribution in [-0.4, -0.2) is 0 Å². The smallest absolute Gasteiger partial charge is 0.135 e. The SMILES string of the molecule is c1cc(-c2cc3ccccc3c3ccccc23)cc(N(c2cccc(-c3cc4ccccc4c4ccccc34)c2)c2ccc3oc4ccccc4c3c2)c1. The number of hydrogen-bond acceptors (Lipinski definition) is 2. The van der Waals surface area contributed by atoms with Crippen LogP contribution in [0.1, 0.15) is 0 Å². The average molecular weight is 688 g/mol. The van der Waals surface area contributed by atoms with E-state index in [1.807, 2.05) is 12.1 Å². The van der Waals surface area contributed by atoms with Crippen LogP contribution >= 0.6 is 0 Å². The third-order valence-corrected chi connectivity index (χ3v) is 11.0. The standard InChI is InChI=1S/C52H33NO/c1-3-19-41-36(13-1)31-48(45-23-7-5-21-43(41)45)34-15-11-17-38(29-34)53(40-27-28-52-50(33-40)47-25-9-10-26-51(47)54-52)39-18-12-16-35(30-39)49-32-37-14-2-4-20-42(37)44-22-6-8-24-46(44)49/h1-33H. The van der Waals surface area contributed by atoms with Gasteiger partial charge in [-0.25, -0.2) is 0 Å². The van der Waals surface area contributed by atoms with Crippen LogP contribution in [0.5, 0.6) is 0 Å². The molecule has 2 heteroatoms. The van der Waals surface area contributed by atoms with Crippen molar-refractivity contribution in [3.8, 4) is 22.3 Å². The number of hydrogen-bond donors (Lipinski definition) is 0. The van der Waals surface area contributed by atoms with Gasteiger partial charge in [0.05, 0.1) is 0 Å². The number of furan rings is 1. The van der Waals surface area contributed by atoms with Gasteiger partial charge in [0, 0.05) is 27.8 Å².